The third-order valence-corrected chi connectivity index (χ3v) is 4.89. The molecule has 6 nitrogen and oxygen atoms in total. The minimum absolute atomic E-state index is 0.178. The Labute approximate surface area is 134 Å². The van der Waals surface area contributed by atoms with Crippen LogP contribution in [0.3, 0.4) is 0 Å². The summed E-state index contributed by atoms with van der Waals surface area (Å²) in [5.74, 6) is 0.563. The molecule has 0 atom stereocenters. The first-order valence-corrected chi connectivity index (χ1v) is 9.24. The Morgan fingerprint density at radius 1 is 1.26 bits per heavy atom. The number of rotatable bonds is 4. The van der Waals surface area contributed by atoms with Gasteiger partial charge in [0, 0.05) is 17.9 Å². The second kappa shape index (κ2) is 5.49. The first-order valence-electron chi connectivity index (χ1n) is 7.35. The zero-order chi connectivity index (χ0) is 16.8. The maximum Gasteiger partial charge on any atom is 0.261 e. The smallest absolute Gasteiger partial charge is 0.261 e. The highest BCUT2D eigenvalue weighted by molar-refractivity contribution is 7.90. The molecule has 1 aliphatic carbocycles. The van der Waals surface area contributed by atoms with Crippen LogP contribution in [0.5, 0.6) is 0 Å². The van der Waals surface area contributed by atoms with Gasteiger partial charge in [-0.2, -0.15) is 0 Å². The summed E-state index contributed by atoms with van der Waals surface area (Å²) in [6.07, 6.45) is 3.14. The normalized spacial score (nSPS) is 14.7. The lowest BCUT2D eigenvalue weighted by Crippen LogP contribution is -2.14. The van der Waals surface area contributed by atoms with Crippen LogP contribution in [-0.4, -0.2) is 25.7 Å². The molecular weight excluding hydrogens is 316 g/mol. The Balaban J connectivity index is 1.92. The lowest BCUT2D eigenvalue weighted by Gasteiger charge is -2.09. The number of carbonyl (C=O) groups is 1. The van der Waals surface area contributed by atoms with Crippen molar-refractivity contribution in [3.63, 3.8) is 0 Å². The van der Waals surface area contributed by atoms with E-state index in [-0.39, 0.29) is 16.7 Å². The summed E-state index contributed by atoms with van der Waals surface area (Å²) in [6, 6.07) is 4.76. The molecule has 1 fully saturated rings. The molecule has 0 spiro atoms. The van der Waals surface area contributed by atoms with Gasteiger partial charge in [-0.1, -0.05) is 5.16 Å². The number of carbonyl (C=O) groups excluding carboxylic acids is 1. The molecule has 0 radical (unpaired) electrons. The Morgan fingerprint density at radius 2 is 1.96 bits per heavy atom. The minimum atomic E-state index is -3.34. The highest BCUT2D eigenvalue weighted by Crippen LogP contribution is 2.42. The first-order chi connectivity index (χ1) is 10.8. The van der Waals surface area contributed by atoms with E-state index in [2.05, 4.69) is 10.5 Å². The molecule has 122 valence electrons. The van der Waals surface area contributed by atoms with Gasteiger partial charge in [0.15, 0.2) is 15.6 Å². The molecule has 2 aromatic rings. The van der Waals surface area contributed by atoms with Crippen LogP contribution in [0.25, 0.3) is 0 Å². The van der Waals surface area contributed by atoms with Gasteiger partial charge in [-0.3, -0.25) is 4.79 Å². The van der Waals surface area contributed by atoms with E-state index in [1.54, 1.807) is 26.0 Å². The number of nitrogens with one attached hydrogen (secondary N) is 1. The van der Waals surface area contributed by atoms with Gasteiger partial charge in [0.1, 0.15) is 5.56 Å². The summed E-state index contributed by atoms with van der Waals surface area (Å²) >= 11 is 0. The summed E-state index contributed by atoms with van der Waals surface area (Å²) in [5, 5.41) is 6.64. The number of amides is 1. The van der Waals surface area contributed by atoms with Crippen molar-refractivity contribution in [3.8, 4) is 0 Å². The standard InChI is InChI=1S/C16H18N2O4S/c1-9-6-12(8-13(7-9)23(3,20)21)17-16(19)14-10(2)18-22-15(14)11-4-5-11/h6-8,11H,4-5H2,1-3H3,(H,17,19). The number of anilines is 1. The van der Waals surface area contributed by atoms with Crippen molar-refractivity contribution >= 4 is 21.4 Å². The van der Waals surface area contributed by atoms with Crippen LogP contribution >= 0.6 is 0 Å². The third-order valence-electron chi connectivity index (χ3n) is 3.80. The molecule has 0 unspecified atom stereocenters. The second-order valence-corrected chi connectivity index (χ2v) is 8.06. The second-order valence-electron chi connectivity index (χ2n) is 6.04. The van der Waals surface area contributed by atoms with E-state index in [0.717, 1.165) is 24.7 Å². The molecule has 1 aliphatic rings. The molecule has 1 saturated carbocycles. The highest BCUT2D eigenvalue weighted by Gasteiger charge is 2.34. The predicted octanol–water partition coefficient (Wildman–Crippen LogP) is 2.82. The monoisotopic (exact) mass is 334 g/mol. The number of aryl methyl sites for hydroxylation is 2. The zero-order valence-electron chi connectivity index (χ0n) is 13.2. The van der Waals surface area contributed by atoms with Crippen molar-refractivity contribution in [1.29, 1.82) is 0 Å². The number of benzene rings is 1. The molecule has 1 aromatic carbocycles. The van der Waals surface area contributed by atoms with Crippen molar-refractivity contribution in [2.24, 2.45) is 0 Å². The molecule has 23 heavy (non-hydrogen) atoms. The van der Waals surface area contributed by atoms with Gasteiger partial charge in [-0.15, -0.1) is 0 Å². The van der Waals surface area contributed by atoms with Crippen LogP contribution in [0.1, 0.15) is 46.1 Å². The summed E-state index contributed by atoms with van der Waals surface area (Å²) < 4.78 is 28.7. The van der Waals surface area contributed by atoms with Gasteiger partial charge in [0.25, 0.3) is 5.91 Å². The fraction of sp³-hybridized carbons (Fsp3) is 0.375. The quantitative estimate of drug-likeness (QED) is 0.928. The van der Waals surface area contributed by atoms with Crippen molar-refractivity contribution < 1.29 is 17.7 Å². The summed E-state index contributed by atoms with van der Waals surface area (Å²) in [7, 11) is -3.34. The highest BCUT2D eigenvalue weighted by atomic mass is 32.2. The molecule has 1 heterocycles. The van der Waals surface area contributed by atoms with Crippen LogP contribution in [0.2, 0.25) is 0 Å². The van der Waals surface area contributed by atoms with Gasteiger partial charge in [-0.25, -0.2) is 8.42 Å². The maximum atomic E-state index is 12.6. The molecule has 1 N–H and O–H groups in total. The summed E-state index contributed by atoms with van der Waals surface area (Å²) in [4.78, 5) is 12.7. The van der Waals surface area contributed by atoms with Gasteiger partial charge < -0.3 is 9.84 Å². The lowest BCUT2D eigenvalue weighted by molar-refractivity contribution is 0.102. The number of sulfone groups is 1. The molecule has 0 bridgehead atoms. The third kappa shape index (κ3) is 3.29. The van der Waals surface area contributed by atoms with E-state index in [1.165, 1.54) is 6.07 Å². The van der Waals surface area contributed by atoms with Gasteiger partial charge in [-0.05, 0) is 50.5 Å². The van der Waals surface area contributed by atoms with Crippen LogP contribution in [0.15, 0.2) is 27.6 Å². The van der Waals surface area contributed by atoms with Crippen LogP contribution in [-0.2, 0) is 9.84 Å². The zero-order valence-corrected chi connectivity index (χ0v) is 14.0. The maximum absolute atomic E-state index is 12.6. The van der Waals surface area contributed by atoms with E-state index in [9.17, 15) is 13.2 Å². The number of hydrogen-bond donors (Lipinski definition) is 1. The van der Waals surface area contributed by atoms with Crippen molar-refractivity contribution in [3.05, 3.63) is 40.8 Å². The van der Waals surface area contributed by atoms with Gasteiger partial charge in [0.05, 0.1) is 10.6 Å². The number of nitrogens with zero attached hydrogens (tertiary/aromatic N) is 1. The average molecular weight is 334 g/mol. The van der Waals surface area contributed by atoms with E-state index in [0.29, 0.717) is 22.7 Å². The Morgan fingerprint density at radius 3 is 2.57 bits per heavy atom. The number of hydrogen-bond acceptors (Lipinski definition) is 5. The van der Waals surface area contributed by atoms with E-state index in [4.69, 9.17) is 4.52 Å². The minimum Gasteiger partial charge on any atom is -0.360 e. The summed E-state index contributed by atoms with van der Waals surface area (Å²) in [6.45, 7) is 3.51. The largest absolute Gasteiger partial charge is 0.360 e. The van der Waals surface area contributed by atoms with Crippen molar-refractivity contribution in [2.45, 2.75) is 37.5 Å². The van der Waals surface area contributed by atoms with Crippen LogP contribution in [0, 0.1) is 13.8 Å². The van der Waals surface area contributed by atoms with Gasteiger partial charge in [0.2, 0.25) is 0 Å². The Kier molecular flexibility index (Phi) is 3.75. The van der Waals surface area contributed by atoms with Crippen LogP contribution in [0.4, 0.5) is 5.69 Å². The van der Waals surface area contributed by atoms with Crippen molar-refractivity contribution in [1.82, 2.24) is 5.16 Å². The SMILES string of the molecule is Cc1cc(NC(=O)c2c(C)noc2C2CC2)cc(S(C)(=O)=O)c1. The molecule has 1 aromatic heterocycles. The Hall–Kier alpha value is -2.15. The molecule has 0 saturated heterocycles. The lowest BCUT2D eigenvalue weighted by atomic mass is 10.1. The van der Waals surface area contributed by atoms with E-state index >= 15 is 0 Å². The average Bonchev–Trinajstić information content (AvgIpc) is 3.20. The summed E-state index contributed by atoms with van der Waals surface area (Å²) in [5.41, 5.74) is 2.20. The van der Waals surface area contributed by atoms with Gasteiger partial charge >= 0.3 is 0 Å². The molecule has 7 heteroatoms. The van der Waals surface area contributed by atoms with Crippen molar-refractivity contribution in [2.75, 3.05) is 11.6 Å². The molecule has 0 aliphatic heterocycles. The molecular formula is C16H18N2O4S. The fourth-order valence-electron chi connectivity index (χ4n) is 2.52. The van der Waals surface area contributed by atoms with E-state index in [1.807, 2.05) is 0 Å². The van der Waals surface area contributed by atoms with E-state index < -0.39 is 9.84 Å². The topological polar surface area (TPSA) is 89.3 Å². The first kappa shape index (κ1) is 15.7. The predicted molar refractivity (Wildman–Crippen MR) is 85.5 cm³/mol. The van der Waals surface area contributed by atoms with Crippen LogP contribution < -0.4 is 5.32 Å². The fourth-order valence-corrected chi connectivity index (χ4v) is 3.26. The number of aromatic nitrogens is 1. The molecule has 3 rings (SSSR count). The Bertz CT molecular complexity index is 879. The molecule has 1 amide bonds.